The van der Waals surface area contributed by atoms with E-state index in [0.717, 1.165) is 0 Å². The Morgan fingerprint density at radius 3 is 2.84 bits per heavy atom. The molecular formula is C13H16N2O4. The zero-order valence-electron chi connectivity index (χ0n) is 10.7. The van der Waals surface area contributed by atoms with Crippen molar-refractivity contribution in [1.82, 2.24) is 9.88 Å². The zero-order chi connectivity index (χ0) is 13.8. The summed E-state index contributed by atoms with van der Waals surface area (Å²) in [5, 5.41) is 9.01. The molecule has 2 rings (SSSR count). The third kappa shape index (κ3) is 3.01. The quantitative estimate of drug-likeness (QED) is 0.882. The molecule has 0 saturated carbocycles. The van der Waals surface area contributed by atoms with Gasteiger partial charge < -0.3 is 14.7 Å². The third-order valence-electron chi connectivity index (χ3n) is 3.25. The predicted molar refractivity (Wildman–Crippen MR) is 67.1 cm³/mol. The number of methoxy groups -OCH3 is 1. The van der Waals surface area contributed by atoms with E-state index in [0.29, 0.717) is 30.8 Å². The Labute approximate surface area is 111 Å². The Kier molecular flexibility index (Phi) is 3.99. The molecule has 0 radical (unpaired) electrons. The van der Waals surface area contributed by atoms with E-state index in [1.165, 1.54) is 13.3 Å². The number of ether oxygens (including phenoxy) is 1. The molecule has 102 valence electrons. The van der Waals surface area contributed by atoms with Crippen LogP contribution in [-0.4, -0.2) is 47.1 Å². The van der Waals surface area contributed by atoms with Crippen molar-refractivity contribution < 1.29 is 19.4 Å². The fraction of sp³-hybridized carbons (Fsp3) is 0.462. The molecule has 1 saturated heterocycles. The van der Waals surface area contributed by atoms with Crippen molar-refractivity contribution in [1.29, 1.82) is 0 Å². The van der Waals surface area contributed by atoms with E-state index in [9.17, 15) is 9.59 Å². The maximum Gasteiger partial charge on any atom is 0.308 e. The van der Waals surface area contributed by atoms with Crippen LogP contribution in [0.2, 0.25) is 0 Å². The lowest BCUT2D eigenvalue weighted by Crippen LogP contribution is -2.42. The number of carbonyl (C=O) groups excluding carboxylic acids is 1. The van der Waals surface area contributed by atoms with E-state index in [2.05, 4.69) is 4.98 Å². The number of hydrogen-bond donors (Lipinski definition) is 1. The van der Waals surface area contributed by atoms with Crippen LogP contribution in [0, 0.1) is 5.92 Å². The summed E-state index contributed by atoms with van der Waals surface area (Å²) in [7, 11) is 1.51. The number of carbonyl (C=O) groups is 2. The van der Waals surface area contributed by atoms with Crippen molar-refractivity contribution in [3.8, 4) is 5.88 Å². The van der Waals surface area contributed by atoms with Gasteiger partial charge >= 0.3 is 5.97 Å². The zero-order valence-corrected chi connectivity index (χ0v) is 10.7. The van der Waals surface area contributed by atoms with Gasteiger partial charge in [-0.05, 0) is 18.9 Å². The molecule has 6 heteroatoms. The van der Waals surface area contributed by atoms with Crippen molar-refractivity contribution in [3.05, 3.63) is 23.9 Å². The third-order valence-corrected chi connectivity index (χ3v) is 3.25. The molecule has 19 heavy (non-hydrogen) atoms. The molecule has 2 heterocycles. The monoisotopic (exact) mass is 264 g/mol. The summed E-state index contributed by atoms with van der Waals surface area (Å²) in [6.07, 6.45) is 2.79. The van der Waals surface area contributed by atoms with Crippen LogP contribution in [0.4, 0.5) is 0 Å². The average molecular weight is 264 g/mol. The van der Waals surface area contributed by atoms with Crippen LogP contribution in [0.3, 0.4) is 0 Å². The molecule has 0 aliphatic carbocycles. The number of aromatic nitrogens is 1. The minimum Gasteiger partial charge on any atom is -0.481 e. The summed E-state index contributed by atoms with van der Waals surface area (Å²) >= 11 is 0. The molecule has 1 aromatic rings. The topological polar surface area (TPSA) is 79.7 Å². The van der Waals surface area contributed by atoms with Crippen LogP contribution in [0.15, 0.2) is 18.3 Å². The molecule has 1 amide bonds. The van der Waals surface area contributed by atoms with Gasteiger partial charge in [-0.15, -0.1) is 0 Å². The summed E-state index contributed by atoms with van der Waals surface area (Å²) in [5.74, 6) is -1.05. The Morgan fingerprint density at radius 2 is 2.26 bits per heavy atom. The summed E-state index contributed by atoms with van der Waals surface area (Å²) < 4.78 is 4.93. The summed E-state index contributed by atoms with van der Waals surface area (Å²) in [4.78, 5) is 28.8. The highest BCUT2D eigenvalue weighted by Crippen LogP contribution is 2.19. The van der Waals surface area contributed by atoms with Gasteiger partial charge in [0.25, 0.3) is 5.91 Å². The number of hydrogen-bond acceptors (Lipinski definition) is 4. The number of rotatable bonds is 3. The van der Waals surface area contributed by atoms with Gasteiger partial charge in [-0.3, -0.25) is 9.59 Å². The summed E-state index contributed by atoms with van der Waals surface area (Å²) in [6, 6.07) is 3.25. The smallest absolute Gasteiger partial charge is 0.308 e. The maximum absolute atomic E-state index is 12.2. The molecule has 1 atom stereocenters. The van der Waals surface area contributed by atoms with Gasteiger partial charge in [0.1, 0.15) is 0 Å². The molecule has 0 aromatic carbocycles. The summed E-state index contributed by atoms with van der Waals surface area (Å²) in [6.45, 7) is 0.856. The van der Waals surface area contributed by atoms with Crippen molar-refractivity contribution in [2.24, 2.45) is 5.92 Å². The van der Waals surface area contributed by atoms with Crippen molar-refractivity contribution in [3.63, 3.8) is 0 Å². The number of carboxylic acid groups (broad SMARTS) is 1. The first kappa shape index (κ1) is 13.3. The second-order valence-corrected chi connectivity index (χ2v) is 4.52. The molecule has 1 aliphatic rings. The van der Waals surface area contributed by atoms with Crippen LogP contribution >= 0.6 is 0 Å². The first-order valence-electron chi connectivity index (χ1n) is 6.14. The molecule has 1 N–H and O–H groups in total. The fourth-order valence-corrected chi connectivity index (χ4v) is 2.17. The molecule has 1 aliphatic heterocycles. The standard InChI is InChI=1S/C13H16N2O4/c1-19-11-5-4-9(7-14-11)12(16)15-6-2-3-10(8-15)13(17)18/h4-5,7,10H,2-3,6,8H2,1H3,(H,17,18)/t10-/m1/s1. The number of likely N-dealkylation sites (tertiary alicyclic amines) is 1. The van der Waals surface area contributed by atoms with E-state index in [1.807, 2.05) is 0 Å². The minimum atomic E-state index is -0.842. The van der Waals surface area contributed by atoms with E-state index >= 15 is 0 Å². The Bertz CT molecular complexity index is 472. The lowest BCUT2D eigenvalue weighted by Gasteiger charge is -2.30. The van der Waals surface area contributed by atoms with Crippen molar-refractivity contribution >= 4 is 11.9 Å². The van der Waals surface area contributed by atoms with Crippen LogP contribution < -0.4 is 4.74 Å². The van der Waals surface area contributed by atoms with Gasteiger partial charge in [-0.1, -0.05) is 0 Å². The molecule has 0 spiro atoms. The van der Waals surface area contributed by atoms with Crippen LogP contribution in [0.1, 0.15) is 23.2 Å². The molecule has 1 aromatic heterocycles. The first-order chi connectivity index (χ1) is 9.11. The molecular weight excluding hydrogens is 248 g/mol. The highest BCUT2D eigenvalue weighted by Gasteiger charge is 2.28. The van der Waals surface area contributed by atoms with Gasteiger partial charge in [0.05, 0.1) is 18.6 Å². The van der Waals surface area contributed by atoms with Crippen LogP contribution in [0.25, 0.3) is 0 Å². The second-order valence-electron chi connectivity index (χ2n) is 4.52. The first-order valence-corrected chi connectivity index (χ1v) is 6.14. The highest BCUT2D eigenvalue weighted by atomic mass is 16.5. The number of pyridine rings is 1. The Morgan fingerprint density at radius 1 is 1.47 bits per heavy atom. The maximum atomic E-state index is 12.2. The van der Waals surface area contributed by atoms with Gasteiger partial charge in [0.15, 0.2) is 0 Å². The van der Waals surface area contributed by atoms with E-state index in [1.54, 1.807) is 17.0 Å². The number of amides is 1. The largest absolute Gasteiger partial charge is 0.481 e. The summed E-state index contributed by atoms with van der Waals surface area (Å²) in [5.41, 5.74) is 0.451. The molecule has 0 bridgehead atoms. The van der Waals surface area contributed by atoms with Gasteiger partial charge in [0.2, 0.25) is 5.88 Å². The fourth-order valence-electron chi connectivity index (χ4n) is 2.17. The van der Waals surface area contributed by atoms with Crippen molar-refractivity contribution in [2.75, 3.05) is 20.2 Å². The average Bonchev–Trinajstić information content (AvgIpc) is 2.46. The second kappa shape index (κ2) is 5.69. The number of piperidine rings is 1. The van der Waals surface area contributed by atoms with E-state index in [4.69, 9.17) is 9.84 Å². The Hall–Kier alpha value is -2.11. The number of carboxylic acids is 1. The molecule has 0 unspecified atom stereocenters. The van der Waals surface area contributed by atoms with Crippen LogP contribution in [0.5, 0.6) is 5.88 Å². The molecule has 6 nitrogen and oxygen atoms in total. The van der Waals surface area contributed by atoms with E-state index in [-0.39, 0.29) is 12.5 Å². The normalized spacial score (nSPS) is 19.0. The van der Waals surface area contributed by atoms with Gasteiger partial charge in [-0.25, -0.2) is 4.98 Å². The van der Waals surface area contributed by atoms with Gasteiger partial charge in [-0.2, -0.15) is 0 Å². The number of aliphatic carboxylic acids is 1. The lowest BCUT2D eigenvalue weighted by molar-refractivity contribution is -0.143. The molecule has 1 fully saturated rings. The lowest BCUT2D eigenvalue weighted by atomic mass is 9.98. The van der Waals surface area contributed by atoms with Crippen LogP contribution in [-0.2, 0) is 4.79 Å². The predicted octanol–water partition coefficient (Wildman–Crippen LogP) is 1.03. The van der Waals surface area contributed by atoms with Crippen molar-refractivity contribution in [2.45, 2.75) is 12.8 Å². The Balaban J connectivity index is 2.07. The minimum absolute atomic E-state index is 0.180. The van der Waals surface area contributed by atoms with E-state index < -0.39 is 11.9 Å². The SMILES string of the molecule is COc1ccc(C(=O)N2CCC[C@@H](C(=O)O)C2)cn1. The number of nitrogens with zero attached hydrogens (tertiary/aromatic N) is 2. The highest BCUT2D eigenvalue weighted by molar-refractivity contribution is 5.94. The van der Waals surface area contributed by atoms with Gasteiger partial charge in [0, 0.05) is 25.4 Å².